The summed E-state index contributed by atoms with van der Waals surface area (Å²) >= 11 is 0. The van der Waals surface area contributed by atoms with Crippen molar-refractivity contribution in [3.05, 3.63) is 29.8 Å². The Bertz CT molecular complexity index is 669. The van der Waals surface area contributed by atoms with Gasteiger partial charge in [-0.3, -0.25) is 24.2 Å². The van der Waals surface area contributed by atoms with Crippen LogP contribution in [0.1, 0.15) is 16.8 Å². The second-order valence-electron chi connectivity index (χ2n) is 5.65. The lowest BCUT2D eigenvalue weighted by molar-refractivity contribution is -0.142. The quantitative estimate of drug-likeness (QED) is 0.459. The van der Waals surface area contributed by atoms with Crippen molar-refractivity contribution < 1.29 is 19.2 Å². The van der Waals surface area contributed by atoms with Crippen molar-refractivity contribution in [2.45, 2.75) is 6.42 Å². The first-order valence-electron chi connectivity index (χ1n) is 7.52. The van der Waals surface area contributed by atoms with Crippen LogP contribution in [-0.4, -0.2) is 67.8 Å². The van der Waals surface area contributed by atoms with Crippen molar-refractivity contribution in [2.24, 2.45) is 0 Å². The van der Waals surface area contributed by atoms with Crippen LogP contribution in [0.2, 0.25) is 0 Å². The fourth-order valence-corrected chi connectivity index (χ4v) is 2.26. The fraction of sp³-hybridized carbons (Fsp3) is 0.375. The third-order valence-corrected chi connectivity index (χ3v) is 3.74. The van der Waals surface area contributed by atoms with Gasteiger partial charge in [-0.1, -0.05) is 0 Å². The lowest BCUT2D eigenvalue weighted by Gasteiger charge is -2.14. The van der Waals surface area contributed by atoms with E-state index in [-0.39, 0.29) is 12.5 Å². The van der Waals surface area contributed by atoms with E-state index in [1.165, 1.54) is 7.05 Å². The monoisotopic (exact) mass is 332 g/mol. The van der Waals surface area contributed by atoms with Crippen LogP contribution >= 0.6 is 0 Å². The normalized spacial score (nSPS) is 14.4. The van der Waals surface area contributed by atoms with Crippen LogP contribution in [0, 0.1) is 0 Å². The molecule has 0 unspecified atom stereocenters. The summed E-state index contributed by atoms with van der Waals surface area (Å²) in [5.74, 6) is -1.88. The number of likely N-dealkylation sites (N-methyl/N-ethyl adjacent to an activating group) is 1. The van der Waals surface area contributed by atoms with Crippen molar-refractivity contribution in [1.82, 2.24) is 15.1 Å². The molecule has 1 fully saturated rings. The highest BCUT2D eigenvalue weighted by Gasteiger charge is 2.41. The number of hydrogen-bond acceptors (Lipinski definition) is 5. The molecule has 128 valence electrons. The number of anilines is 1. The largest absolute Gasteiger partial charge is 0.378 e. The van der Waals surface area contributed by atoms with Crippen LogP contribution in [0.4, 0.5) is 10.5 Å². The number of rotatable bonds is 6. The lowest BCUT2D eigenvalue weighted by atomic mass is 10.2. The van der Waals surface area contributed by atoms with E-state index in [9.17, 15) is 19.2 Å². The smallest absolute Gasteiger partial charge is 0.333 e. The third-order valence-electron chi connectivity index (χ3n) is 3.74. The fourth-order valence-electron chi connectivity index (χ4n) is 2.26. The first kappa shape index (κ1) is 17.5. The number of benzene rings is 1. The molecule has 2 rings (SSSR count). The van der Waals surface area contributed by atoms with Crippen LogP contribution in [0.5, 0.6) is 0 Å². The Morgan fingerprint density at radius 2 is 1.71 bits per heavy atom. The summed E-state index contributed by atoms with van der Waals surface area (Å²) in [6.07, 6.45) is 0.375. The molecule has 0 aliphatic carbocycles. The van der Waals surface area contributed by atoms with Crippen LogP contribution in [0.15, 0.2) is 24.3 Å². The molecule has 1 aromatic carbocycles. The number of urea groups is 1. The first-order valence-corrected chi connectivity index (χ1v) is 7.52. The Morgan fingerprint density at radius 3 is 2.21 bits per heavy atom. The number of nitrogens with zero attached hydrogens (tertiary/aromatic N) is 3. The van der Waals surface area contributed by atoms with Crippen molar-refractivity contribution in [2.75, 3.05) is 39.1 Å². The predicted octanol–water partition coefficient (Wildman–Crippen LogP) is 0.293. The van der Waals surface area contributed by atoms with Crippen molar-refractivity contribution in [3.63, 3.8) is 0 Å². The van der Waals surface area contributed by atoms with E-state index in [1.807, 2.05) is 31.1 Å². The molecule has 0 saturated carbocycles. The standard InChI is InChI=1S/C16H20N4O4/c1-18(2)12-7-5-11(6-8-12)13(21)17-9-4-10-20-15(23)14(22)19(3)16(20)24/h5-8H,4,9-10H2,1-3H3,(H,17,21). The molecule has 1 aliphatic heterocycles. The lowest BCUT2D eigenvalue weighted by Crippen LogP contribution is -2.34. The molecular formula is C16H20N4O4. The minimum atomic E-state index is -0.829. The first-order chi connectivity index (χ1) is 11.3. The average molecular weight is 332 g/mol. The Labute approximate surface area is 140 Å². The van der Waals surface area contributed by atoms with Gasteiger partial charge in [0.05, 0.1) is 0 Å². The number of imide groups is 2. The molecule has 0 bridgehead atoms. The van der Waals surface area contributed by atoms with Gasteiger partial charge in [0, 0.05) is 45.5 Å². The summed E-state index contributed by atoms with van der Waals surface area (Å²) in [6.45, 7) is 0.386. The highest BCUT2D eigenvalue weighted by atomic mass is 16.2. The molecule has 0 atom stereocenters. The molecule has 5 amide bonds. The molecule has 0 spiro atoms. The molecule has 1 aliphatic rings. The van der Waals surface area contributed by atoms with Gasteiger partial charge in [-0.2, -0.15) is 0 Å². The maximum absolute atomic E-state index is 12.0. The maximum Gasteiger partial charge on any atom is 0.333 e. The van der Waals surface area contributed by atoms with Gasteiger partial charge in [0.2, 0.25) is 0 Å². The molecule has 0 aromatic heterocycles. The van der Waals surface area contributed by atoms with Crippen LogP contribution < -0.4 is 10.2 Å². The summed E-state index contributed by atoms with van der Waals surface area (Å²) < 4.78 is 0. The topological polar surface area (TPSA) is 90.0 Å². The summed E-state index contributed by atoms with van der Waals surface area (Å²) in [5.41, 5.74) is 1.52. The predicted molar refractivity (Wildman–Crippen MR) is 87.6 cm³/mol. The van der Waals surface area contributed by atoms with Gasteiger partial charge in [-0.05, 0) is 30.7 Å². The van der Waals surface area contributed by atoms with E-state index in [0.717, 1.165) is 15.5 Å². The minimum Gasteiger partial charge on any atom is -0.378 e. The van der Waals surface area contributed by atoms with Crippen LogP contribution in [-0.2, 0) is 9.59 Å². The molecule has 24 heavy (non-hydrogen) atoms. The molecule has 0 radical (unpaired) electrons. The van der Waals surface area contributed by atoms with Crippen molar-refractivity contribution in [1.29, 1.82) is 0 Å². The Balaban J connectivity index is 1.80. The molecule has 1 saturated heterocycles. The molecule has 1 heterocycles. The van der Waals surface area contributed by atoms with E-state index in [1.54, 1.807) is 12.1 Å². The van der Waals surface area contributed by atoms with Crippen molar-refractivity contribution in [3.8, 4) is 0 Å². The van der Waals surface area contributed by atoms with E-state index >= 15 is 0 Å². The Kier molecular flexibility index (Phi) is 5.18. The number of amides is 5. The molecular weight excluding hydrogens is 312 g/mol. The van der Waals surface area contributed by atoms with Gasteiger partial charge in [0.1, 0.15) is 0 Å². The number of hydrogen-bond donors (Lipinski definition) is 1. The molecule has 8 heteroatoms. The van der Waals surface area contributed by atoms with Crippen molar-refractivity contribution >= 4 is 29.4 Å². The van der Waals surface area contributed by atoms with E-state index in [4.69, 9.17) is 0 Å². The van der Waals surface area contributed by atoms with Crippen LogP contribution in [0.25, 0.3) is 0 Å². The zero-order valence-electron chi connectivity index (χ0n) is 13.9. The number of nitrogens with one attached hydrogen (secondary N) is 1. The van der Waals surface area contributed by atoms with Gasteiger partial charge < -0.3 is 10.2 Å². The maximum atomic E-state index is 12.0. The molecule has 1 aromatic rings. The van der Waals surface area contributed by atoms with E-state index in [0.29, 0.717) is 18.5 Å². The van der Waals surface area contributed by atoms with Gasteiger partial charge >= 0.3 is 17.8 Å². The second kappa shape index (κ2) is 7.12. The van der Waals surface area contributed by atoms with E-state index < -0.39 is 17.8 Å². The summed E-state index contributed by atoms with van der Waals surface area (Å²) in [5, 5.41) is 2.72. The number of carbonyl (C=O) groups excluding carboxylic acids is 4. The molecule has 1 N–H and O–H groups in total. The third kappa shape index (κ3) is 3.53. The molecule has 8 nitrogen and oxygen atoms in total. The average Bonchev–Trinajstić information content (AvgIpc) is 2.75. The minimum absolute atomic E-state index is 0.0909. The van der Waals surface area contributed by atoms with Gasteiger partial charge in [0.25, 0.3) is 5.91 Å². The van der Waals surface area contributed by atoms with Gasteiger partial charge in [0.15, 0.2) is 0 Å². The Hall–Kier alpha value is -2.90. The zero-order chi connectivity index (χ0) is 17.9. The zero-order valence-corrected chi connectivity index (χ0v) is 13.9. The summed E-state index contributed by atoms with van der Waals surface area (Å²) in [7, 11) is 5.10. The Morgan fingerprint density at radius 1 is 1.08 bits per heavy atom. The summed E-state index contributed by atoms with van der Waals surface area (Å²) in [6, 6.07) is 6.52. The summed E-state index contributed by atoms with van der Waals surface area (Å²) in [4.78, 5) is 50.3. The van der Waals surface area contributed by atoms with Gasteiger partial charge in [-0.15, -0.1) is 0 Å². The highest BCUT2D eigenvalue weighted by molar-refractivity contribution is 6.44. The second-order valence-corrected chi connectivity index (χ2v) is 5.65. The SMILES string of the molecule is CN1C(=O)C(=O)N(CCCNC(=O)c2ccc(N(C)C)cc2)C1=O. The highest BCUT2D eigenvalue weighted by Crippen LogP contribution is 2.12. The number of carbonyl (C=O) groups is 4. The van der Waals surface area contributed by atoms with Crippen LogP contribution in [0.3, 0.4) is 0 Å². The van der Waals surface area contributed by atoms with E-state index in [2.05, 4.69) is 5.32 Å². The van der Waals surface area contributed by atoms with Gasteiger partial charge in [-0.25, -0.2) is 4.79 Å².